The van der Waals surface area contributed by atoms with Crippen molar-refractivity contribution in [2.24, 2.45) is 0 Å². The zero-order valence-corrected chi connectivity index (χ0v) is 15.0. The quantitative estimate of drug-likeness (QED) is 0.696. The molecule has 1 aliphatic rings. The number of unbranched alkanes of at least 4 members (excludes halogenated alkanes) is 2. The van der Waals surface area contributed by atoms with Crippen molar-refractivity contribution in [2.45, 2.75) is 37.6 Å². The van der Waals surface area contributed by atoms with Gasteiger partial charge >= 0.3 is 5.24 Å². The third-order valence-electron chi connectivity index (χ3n) is 4.20. The molecule has 132 valence electrons. The van der Waals surface area contributed by atoms with Gasteiger partial charge in [0, 0.05) is 5.56 Å². The average Bonchev–Trinajstić information content (AvgIpc) is 2.81. The van der Waals surface area contributed by atoms with Crippen molar-refractivity contribution in [1.29, 1.82) is 0 Å². The molecule has 0 bridgehead atoms. The predicted octanol–water partition coefficient (Wildman–Crippen LogP) is 4.17. The highest BCUT2D eigenvalue weighted by Gasteiger charge is 2.41. The van der Waals surface area contributed by atoms with Gasteiger partial charge in [-0.3, -0.25) is 9.69 Å². The Hall–Kier alpha value is -2.34. The Morgan fingerprint density at radius 3 is 2.52 bits per heavy atom. The Kier molecular flexibility index (Phi) is 5.08. The number of amides is 1. The lowest BCUT2D eigenvalue weighted by molar-refractivity contribution is 0.263. The van der Waals surface area contributed by atoms with E-state index in [1.807, 2.05) is 24.3 Å². The molecule has 1 heterocycles. The van der Waals surface area contributed by atoms with Gasteiger partial charge in [-0.05, 0) is 24.6 Å². The second kappa shape index (κ2) is 7.27. The van der Waals surface area contributed by atoms with E-state index in [2.05, 4.69) is 6.92 Å². The number of sulfone groups is 1. The second-order valence-electron chi connectivity index (χ2n) is 5.99. The van der Waals surface area contributed by atoms with Crippen molar-refractivity contribution in [2.75, 3.05) is 11.5 Å². The van der Waals surface area contributed by atoms with E-state index in [0.717, 1.165) is 24.8 Å². The zero-order chi connectivity index (χ0) is 17.9. The lowest BCUT2D eigenvalue weighted by Gasteiger charge is -2.18. The first-order valence-corrected chi connectivity index (χ1v) is 9.90. The van der Waals surface area contributed by atoms with Gasteiger partial charge in [0.2, 0.25) is 0 Å². The fraction of sp³-hybridized carbons (Fsp3) is 0.316. The minimum Gasteiger partial charge on any atom is -0.493 e. The number of rotatable bonds is 7. The van der Waals surface area contributed by atoms with Crippen LogP contribution in [0.5, 0.6) is 5.75 Å². The van der Waals surface area contributed by atoms with Crippen molar-refractivity contribution in [1.82, 2.24) is 0 Å². The van der Waals surface area contributed by atoms with E-state index in [0.29, 0.717) is 18.0 Å². The van der Waals surface area contributed by atoms with Crippen LogP contribution < -0.4 is 9.64 Å². The summed E-state index contributed by atoms with van der Waals surface area (Å²) in [6.45, 7) is 2.90. The molecule has 0 saturated heterocycles. The Morgan fingerprint density at radius 2 is 1.72 bits per heavy atom. The van der Waals surface area contributed by atoms with Gasteiger partial charge in [0.15, 0.2) is 0 Å². The molecular weight excluding hydrogens is 338 g/mol. The number of fused-ring (bicyclic) bond motifs is 1. The topological polar surface area (TPSA) is 63.7 Å². The summed E-state index contributed by atoms with van der Waals surface area (Å²) in [5.74, 6) is 0.688. The summed E-state index contributed by atoms with van der Waals surface area (Å²) < 4.78 is 30.4. The third-order valence-corrected chi connectivity index (χ3v) is 5.81. The highest BCUT2D eigenvalue weighted by molar-refractivity contribution is 8.07. The third kappa shape index (κ3) is 3.39. The van der Waals surface area contributed by atoms with Crippen LogP contribution in [0.15, 0.2) is 53.4 Å². The largest absolute Gasteiger partial charge is 0.493 e. The summed E-state index contributed by atoms with van der Waals surface area (Å²) in [4.78, 5) is 13.8. The maximum absolute atomic E-state index is 12.4. The first-order valence-electron chi connectivity index (χ1n) is 8.42. The molecule has 2 aromatic carbocycles. The standard InChI is InChI=1S/C19H21NO4S/c1-2-3-8-13-24-17-11-6-4-9-15(17)14-20-16-10-5-7-12-18(16)25(22,23)19(20)21/h4-7,9-12H,2-3,8,13-14H2,1H3. The molecule has 6 heteroatoms. The molecule has 0 spiro atoms. The van der Waals surface area contributed by atoms with Crippen LogP contribution >= 0.6 is 0 Å². The smallest absolute Gasteiger partial charge is 0.348 e. The first-order chi connectivity index (χ1) is 12.1. The van der Waals surface area contributed by atoms with Crippen LogP contribution in [0, 0.1) is 0 Å². The van der Waals surface area contributed by atoms with Crippen LogP contribution in [-0.4, -0.2) is 20.3 Å². The zero-order valence-electron chi connectivity index (χ0n) is 14.1. The predicted molar refractivity (Wildman–Crippen MR) is 96.7 cm³/mol. The van der Waals surface area contributed by atoms with Gasteiger partial charge in [0.1, 0.15) is 10.6 Å². The molecular formula is C19H21NO4S. The van der Waals surface area contributed by atoms with Crippen molar-refractivity contribution < 1.29 is 17.9 Å². The molecule has 0 saturated carbocycles. The fourth-order valence-electron chi connectivity index (χ4n) is 2.87. The minimum absolute atomic E-state index is 0.0707. The van der Waals surface area contributed by atoms with E-state index >= 15 is 0 Å². The normalized spacial score (nSPS) is 15.2. The number of hydrogen-bond acceptors (Lipinski definition) is 4. The number of carbonyl (C=O) groups is 1. The average molecular weight is 359 g/mol. The van der Waals surface area contributed by atoms with Crippen molar-refractivity contribution in [3.8, 4) is 5.75 Å². The van der Waals surface area contributed by atoms with Crippen molar-refractivity contribution in [3.63, 3.8) is 0 Å². The van der Waals surface area contributed by atoms with Crippen molar-refractivity contribution in [3.05, 3.63) is 54.1 Å². The Labute approximate surface area is 148 Å². The number of hydrogen-bond donors (Lipinski definition) is 0. The van der Waals surface area contributed by atoms with E-state index in [1.54, 1.807) is 18.2 Å². The van der Waals surface area contributed by atoms with Gasteiger partial charge < -0.3 is 4.74 Å². The second-order valence-corrected chi connectivity index (χ2v) is 7.78. The molecule has 0 fully saturated rings. The van der Waals surface area contributed by atoms with Gasteiger partial charge in [-0.2, -0.15) is 0 Å². The van der Waals surface area contributed by atoms with E-state index in [-0.39, 0.29) is 11.4 Å². The van der Waals surface area contributed by atoms with Gasteiger partial charge in [0.05, 0.1) is 18.8 Å². The Bertz CT molecular complexity index is 876. The minimum atomic E-state index is -3.94. The molecule has 0 atom stereocenters. The number of benzene rings is 2. The van der Waals surface area contributed by atoms with Crippen LogP contribution in [0.3, 0.4) is 0 Å². The van der Waals surface area contributed by atoms with Gasteiger partial charge in [-0.15, -0.1) is 0 Å². The number of ether oxygens (including phenoxy) is 1. The van der Waals surface area contributed by atoms with E-state index < -0.39 is 15.1 Å². The monoisotopic (exact) mass is 359 g/mol. The molecule has 0 N–H and O–H groups in total. The first kappa shape index (κ1) is 17.5. The summed E-state index contributed by atoms with van der Waals surface area (Å²) in [6, 6.07) is 13.9. The van der Waals surface area contributed by atoms with Crippen molar-refractivity contribution >= 4 is 20.8 Å². The van der Waals surface area contributed by atoms with Crippen LogP contribution in [0.4, 0.5) is 10.5 Å². The molecule has 5 nitrogen and oxygen atoms in total. The fourth-order valence-corrected chi connectivity index (χ4v) is 4.23. The molecule has 2 aromatic rings. The summed E-state index contributed by atoms with van der Waals surface area (Å²) in [5.41, 5.74) is 1.22. The van der Waals surface area contributed by atoms with Crippen LogP contribution in [-0.2, 0) is 16.4 Å². The van der Waals surface area contributed by atoms with E-state index in [1.165, 1.54) is 11.0 Å². The lowest BCUT2D eigenvalue weighted by atomic mass is 10.1. The van der Waals surface area contributed by atoms with Gasteiger partial charge in [0.25, 0.3) is 9.84 Å². The van der Waals surface area contributed by atoms with Crippen LogP contribution in [0.1, 0.15) is 31.7 Å². The number of anilines is 1. The molecule has 0 unspecified atom stereocenters. The van der Waals surface area contributed by atoms with Gasteiger partial charge in [-0.25, -0.2) is 8.42 Å². The van der Waals surface area contributed by atoms with Gasteiger partial charge in [-0.1, -0.05) is 50.1 Å². The highest BCUT2D eigenvalue weighted by Crippen LogP contribution is 2.37. The highest BCUT2D eigenvalue weighted by atomic mass is 32.2. The maximum atomic E-state index is 12.4. The van der Waals surface area contributed by atoms with Crippen LogP contribution in [0.25, 0.3) is 0 Å². The van der Waals surface area contributed by atoms with Crippen LogP contribution in [0.2, 0.25) is 0 Å². The maximum Gasteiger partial charge on any atom is 0.348 e. The van der Waals surface area contributed by atoms with E-state index in [4.69, 9.17) is 4.74 Å². The Morgan fingerprint density at radius 1 is 1.00 bits per heavy atom. The molecule has 1 aliphatic heterocycles. The molecule has 1 amide bonds. The Balaban J connectivity index is 1.85. The molecule has 0 radical (unpaired) electrons. The summed E-state index contributed by atoms with van der Waals surface area (Å²) in [5, 5.41) is -0.880. The van der Waals surface area contributed by atoms with E-state index in [9.17, 15) is 13.2 Å². The SMILES string of the molecule is CCCCCOc1ccccc1CN1C(=O)S(=O)(=O)c2ccccc21. The summed E-state index contributed by atoms with van der Waals surface area (Å²) in [6.07, 6.45) is 3.17. The molecule has 3 rings (SSSR count). The number of nitrogens with zero attached hydrogens (tertiary/aromatic N) is 1. The lowest BCUT2D eigenvalue weighted by Crippen LogP contribution is -2.28. The molecule has 25 heavy (non-hydrogen) atoms. The summed E-state index contributed by atoms with van der Waals surface area (Å²) >= 11 is 0. The molecule has 0 aromatic heterocycles. The number of carbonyl (C=O) groups excluding carboxylic acids is 1. The summed E-state index contributed by atoms with van der Waals surface area (Å²) in [7, 11) is -3.94. The molecule has 0 aliphatic carbocycles. The number of para-hydroxylation sites is 2.